The lowest BCUT2D eigenvalue weighted by Crippen LogP contribution is -2.43. The average molecular weight is 389 g/mol. The maximum Gasteiger partial charge on any atom is 0.310 e. The van der Waals surface area contributed by atoms with Gasteiger partial charge in [0, 0.05) is 38.3 Å². The number of benzene rings is 1. The average Bonchev–Trinajstić information content (AvgIpc) is 2.73. The summed E-state index contributed by atoms with van der Waals surface area (Å²) in [7, 11) is 0. The second-order valence-corrected chi connectivity index (χ2v) is 7.35. The number of ether oxygens (including phenoxy) is 1. The van der Waals surface area contributed by atoms with E-state index in [0.29, 0.717) is 38.1 Å². The fraction of sp³-hybridized carbons (Fsp3) is 0.600. The molecule has 1 aromatic rings. The maximum absolute atomic E-state index is 13.3. The van der Waals surface area contributed by atoms with Crippen molar-refractivity contribution in [1.82, 2.24) is 4.90 Å². The lowest BCUT2D eigenvalue weighted by molar-refractivity contribution is -0.384. The van der Waals surface area contributed by atoms with E-state index < -0.39 is 4.92 Å². The van der Waals surface area contributed by atoms with Crippen molar-refractivity contribution in [2.24, 2.45) is 5.92 Å². The predicted octanol–water partition coefficient (Wildman–Crippen LogP) is 3.00. The van der Waals surface area contributed by atoms with Crippen LogP contribution in [0.3, 0.4) is 0 Å². The third-order valence-electron chi connectivity index (χ3n) is 5.45. The van der Waals surface area contributed by atoms with Crippen LogP contribution in [0.25, 0.3) is 0 Å². The minimum Gasteiger partial charge on any atom is -0.466 e. The van der Waals surface area contributed by atoms with Crippen LogP contribution in [-0.4, -0.2) is 54.5 Å². The Kier molecular flexibility index (Phi) is 6.49. The van der Waals surface area contributed by atoms with Crippen LogP contribution in [0, 0.1) is 16.0 Å². The number of esters is 1. The molecule has 1 aromatic carbocycles. The molecule has 0 saturated carbocycles. The molecule has 152 valence electrons. The third kappa shape index (κ3) is 4.43. The van der Waals surface area contributed by atoms with E-state index in [1.54, 1.807) is 17.9 Å². The standard InChI is InChI=1S/C20H27N3O5/c1-2-28-20(25)15-7-6-12-22(14-15)19(24)17-13-16(23(26)27)8-9-18(17)21-10-4-3-5-11-21/h8-9,13,15H,2-7,10-12,14H2,1H3. The fourth-order valence-corrected chi connectivity index (χ4v) is 4.00. The van der Waals surface area contributed by atoms with Gasteiger partial charge in [-0.2, -0.15) is 0 Å². The van der Waals surface area contributed by atoms with Gasteiger partial charge in [0.05, 0.1) is 28.7 Å². The molecule has 8 heteroatoms. The molecule has 1 atom stereocenters. The van der Waals surface area contributed by atoms with Crippen molar-refractivity contribution in [3.8, 4) is 0 Å². The Morgan fingerprint density at radius 1 is 1.18 bits per heavy atom. The summed E-state index contributed by atoms with van der Waals surface area (Å²) in [5.41, 5.74) is 0.997. The molecule has 2 saturated heterocycles. The summed E-state index contributed by atoms with van der Waals surface area (Å²) in [6, 6.07) is 4.52. The van der Waals surface area contributed by atoms with Crippen LogP contribution in [-0.2, 0) is 9.53 Å². The van der Waals surface area contributed by atoms with E-state index >= 15 is 0 Å². The summed E-state index contributed by atoms with van der Waals surface area (Å²) in [6.45, 7) is 4.58. The van der Waals surface area contributed by atoms with E-state index in [0.717, 1.165) is 38.0 Å². The minimum atomic E-state index is -0.478. The molecule has 1 unspecified atom stereocenters. The molecular formula is C20H27N3O5. The van der Waals surface area contributed by atoms with Gasteiger partial charge in [0.1, 0.15) is 0 Å². The molecule has 3 rings (SSSR count). The van der Waals surface area contributed by atoms with Gasteiger partial charge in [0.15, 0.2) is 0 Å². The van der Waals surface area contributed by atoms with E-state index in [1.807, 2.05) is 0 Å². The number of nitrogens with zero attached hydrogens (tertiary/aromatic N) is 3. The number of rotatable bonds is 5. The quantitative estimate of drug-likeness (QED) is 0.437. The summed E-state index contributed by atoms with van der Waals surface area (Å²) in [5, 5.41) is 11.3. The van der Waals surface area contributed by atoms with E-state index in [4.69, 9.17) is 4.74 Å². The number of piperidine rings is 2. The predicted molar refractivity (Wildman–Crippen MR) is 104 cm³/mol. The second kappa shape index (κ2) is 9.03. The van der Waals surface area contributed by atoms with Gasteiger partial charge in [-0.05, 0) is 45.1 Å². The maximum atomic E-state index is 13.3. The number of hydrogen-bond donors (Lipinski definition) is 0. The van der Waals surface area contributed by atoms with Crippen molar-refractivity contribution in [3.05, 3.63) is 33.9 Å². The van der Waals surface area contributed by atoms with Crippen LogP contribution < -0.4 is 4.90 Å². The van der Waals surface area contributed by atoms with Gasteiger partial charge in [0.2, 0.25) is 0 Å². The number of non-ortho nitro benzene ring substituents is 1. The highest BCUT2D eigenvalue weighted by Gasteiger charge is 2.32. The van der Waals surface area contributed by atoms with Gasteiger partial charge in [-0.1, -0.05) is 0 Å². The Morgan fingerprint density at radius 3 is 2.61 bits per heavy atom. The Balaban J connectivity index is 1.87. The van der Waals surface area contributed by atoms with Gasteiger partial charge in [-0.25, -0.2) is 0 Å². The Labute approximate surface area is 164 Å². The molecule has 0 radical (unpaired) electrons. The van der Waals surface area contributed by atoms with Crippen LogP contribution in [0.5, 0.6) is 0 Å². The molecule has 2 fully saturated rings. The molecule has 28 heavy (non-hydrogen) atoms. The summed E-state index contributed by atoms with van der Waals surface area (Å²) < 4.78 is 5.11. The number of nitro groups is 1. The molecule has 0 N–H and O–H groups in total. The van der Waals surface area contributed by atoms with Crippen molar-refractivity contribution in [3.63, 3.8) is 0 Å². The van der Waals surface area contributed by atoms with Crippen molar-refractivity contribution in [1.29, 1.82) is 0 Å². The van der Waals surface area contributed by atoms with E-state index in [9.17, 15) is 19.7 Å². The zero-order valence-electron chi connectivity index (χ0n) is 16.3. The molecular weight excluding hydrogens is 362 g/mol. The number of carbonyl (C=O) groups is 2. The summed E-state index contributed by atoms with van der Waals surface area (Å²) in [5.74, 6) is -0.872. The van der Waals surface area contributed by atoms with Crippen molar-refractivity contribution >= 4 is 23.3 Å². The van der Waals surface area contributed by atoms with Gasteiger partial charge >= 0.3 is 5.97 Å². The fourth-order valence-electron chi connectivity index (χ4n) is 4.00. The Bertz CT molecular complexity index is 745. The SMILES string of the molecule is CCOC(=O)C1CCCN(C(=O)c2cc([N+](=O)[O-])ccc2N2CCCCC2)C1. The zero-order valence-corrected chi connectivity index (χ0v) is 16.3. The van der Waals surface area contributed by atoms with Gasteiger partial charge in [-0.3, -0.25) is 19.7 Å². The van der Waals surface area contributed by atoms with Crippen molar-refractivity contribution < 1.29 is 19.2 Å². The molecule has 2 aliphatic rings. The van der Waals surface area contributed by atoms with E-state index in [-0.39, 0.29) is 23.5 Å². The molecule has 8 nitrogen and oxygen atoms in total. The largest absolute Gasteiger partial charge is 0.466 e. The first-order valence-electron chi connectivity index (χ1n) is 10.0. The summed E-state index contributed by atoms with van der Waals surface area (Å²) >= 11 is 0. The van der Waals surface area contributed by atoms with Crippen LogP contribution in [0.2, 0.25) is 0 Å². The van der Waals surface area contributed by atoms with Crippen molar-refractivity contribution in [2.45, 2.75) is 39.0 Å². The smallest absolute Gasteiger partial charge is 0.310 e. The molecule has 0 aliphatic carbocycles. The summed E-state index contributed by atoms with van der Waals surface area (Å²) in [6.07, 6.45) is 4.64. The molecule has 0 aromatic heterocycles. The molecule has 2 heterocycles. The molecule has 1 amide bonds. The van der Waals surface area contributed by atoms with Crippen LogP contribution in [0.4, 0.5) is 11.4 Å². The Morgan fingerprint density at radius 2 is 1.93 bits per heavy atom. The van der Waals surface area contributed by atoms with Gasteiger partial charge < -0.3 is 14.5 Å². The number of carbonyl (C=O) groups excluding carboxylic acids is 2. The first kappa shape index (κ1) is 20.1. The minimum absolute atomic E-state index is 0.0944. The van der Waals surface area contributed by atoms with Crippen LogP contribution >= 0.6 is 0 Å². The third-order valence-corrected chi connectivity index (χ3v) is 5.45. The van der Waals surface area contributed by atoms with Crippen molar-refractivity contribution in [2.75, 3.05) is 37.7 Å². The normalized spacial score (nSPS) is 20.0. The van der Waals surface area contributed by atoms with E-state index in [2.05, 4.69) is 4.90 Å². The van der Waals surface area contributed by atoms with Gasteiger partial charge in [-0.15, -0.1) is 0 Å². The number of anilines is 1. The zero-order chi connectivity index (χ0) is 20.1. The number of nitro benzene ring substituents is 1. The highest BCUT2D eigenvalue weighted by atomic mass is 16.6. The number of hydrogen-bond acceptors (Lipinski definition) is 6. The molecule has 0 bridgehead atoms. The first-order valence-corrected chi connectivity index (χ1v) is 10.0. The molecule has 0 spiro atoms. The topological polar surface area (TPSA) is 93.0 Å². The lowest BCUT2D eigenvalue weighted by Gasteiger charge is -2.34. The summed E-state index contributed by atoms with van der Waals surface area (Å²) in [4.78, 5) is 39.9. The highest BCUT2D eigenvalue weighted by molar-refractivity contribution is 6.00. The van der Waals surface area contributed by atoms with E-state index in [1.165, 1.54) is 12.1 Å². The first-order chi connectivity index (χ1) is 13.5. The van der Waals surface area contributed by atoms with Crippen LogP contribution in [0.1, 0.15) is 49.4 Å². The lowest BCUT2D eigenvalue weighted by atomic mass is 9.97. The second-order valence-electron chi connectivity index (χ2n) is 7.35. The monoisotopic (exact) mass is 389 g/mol. The Hall–Kier alpha value is -2.64. The number of likely N-dealkylation sites (tertiary alicyclic amines) is 1. The number of amides is 1. The van der Waals surface area contributed by atoms with Crippen LogP contribution in [0.15, 0.2) is 18.2 Å². The molecule has 2 aliphatic heterocycles. The highest BCUT2D eigenvalue weighted by Crippen LogP contribution is 2.30. The van der Waals surface area contributed by atoms with Gasteiger partial charge in [0.25, 0.3) is 11.6 Å².